The summed E-state index contributed by atoms with van der Waals surface area (Å²) in [6.45, 7) is 7.75. The van der Waals surface area contributed by atoms with Gasteiger partial charge in [0.15, 0.2) is 0 Å². The maximum atomic E-state index is 13.6. The smallest absolute Gasteiger partial charge is 0.264 e. The number of hydrogen-bond donors (Lipinski definition) is 0. The fraction of sp³-hybridized carbons (Fsp3) is 0.440. The molecular formula is C25H34N2O4S2. The lowest BCUT2D eigenvalue weighted by atomic mass is 10.1. The molecule has 0 fully saturated rings. The van der Waals surface area contributed by atoms with Crippen LogP contribution in [0.15, 0.2) is 70.2 Å². The molecule has 180 valence electrons. The molecule has 2 aromatic carbocycles. The van der Waals surface area contributed by atoms with E-state index >= 15 is 0 Å². The van der Waals surface area contributed by atoms with Gasteiger partial charge < -0.3 is 0 Å². The maximum absolute atomic E-state index is 13.6. The van der Waals surface area contributed by atoms with Gasteiger partial charge in [0, 0.05) is 11.9 Å². The topological polar surface area (TPSA) is 74.8 Å². The summed E-state index contributed by atoms with van der Waals surface area (Å²) in [5.41, 5.74) is 2.47. The highest BCUT2D eigenvalue weighted by Crippen LogP contribution is 2.32. The Kier molecular flexibility index (Phi) is 7.90. The standard InChI is InChI=1S/C25H34N2O4S2/c1-5-6-7-8-9-23-19-26(32(28,29)24-14-10-20(2)11-15-24)18-22(4)27(23)33(30,31)25-16-12-21(3)13-17-25/h10-17,19,22H,5-9,18H2,1-4H3. The highest BCUT2D eigenvalue weighted by atomic mass is 32.2. The molecule has 1 aliphatic heterocycles. The van der Waals surface area contributed by atoms with Crippen LogP contribution < -0.4 is 0 Å². The number of nitrogens with zero attached hydrogens (tertiary/aromatic N) is 2. The molecular weight excluding hydrogens is 456 g/mol. The molecule has 0 amide bonds. The second kappa shape index (κ2) is 10.3. The molecule has 3 rings (SSSR count). The zero-order valence-electron chi connectivity index (χ0n) is 19.9. The number of allylic oxidation sites excluding steroid dienone is 1. The Bertz CT molecular complexity index is 1190. The third kappa shape index (κ3) is 5.61. The first-order chi connectivity index (χ1) is 15.6. The zero-order chi connectivity index (χ0) is 24.2. The van der Waals surface area contributed by atoms with E-state index in [0.29, 0.717) is 12.1 Å². The maximum Gasteiger partial charge on any atom is 0.264 e. The molecule has 33 heavy (non-hydrogen) atoms. The van der Waals surface area contributed by atoms with Crippen LogP contribution in [0, 0.1) is 13.8 Å². The van der Waals surface area contributed by atoms with Gasteiger partial charge in [0.1, 0.15) is 0 Å². The lowest BCUT2D eigenvalue weighted by Crippen LogP contribution is -2.49. The van der Waals surface area contributed by atoms with Gasteiger partial charge in [0.2, 0.25) is 0 Å². The van der Waals surface area contributed by atoms with Gasteiger partial charge in [-0.1, -0.05) is 61.6 Å². The largest absolute Gasteiger partial charge is 0.269 e. The van der Waals surface area contributed by atoms with Crippen molar-refractivity contribution in [2.45, 2.75) is 75.6 Å². The Balaban J connectivity index is 2.01. The summed E-state index contributed by atoms with van der Waals surface area (Å²) in [5.74, 6) is 0. The van der Waals surface area contributed by atoms with E-state index in [1.807, 2.05) is 13.8 Å². The predicted octanol–water partition coefficient (Wildman–Crippen LogP) is 5.20. The van der Waals surface area contributed by atoms with Gasteiger partial charge in [-0.25, -0.2) is 16.8 Å². The van der Waals surface area contributed by atoms with Crippen molar-refractivity contribution in [3.63, 3.8) is 0 Å². The molecule has 1 aliphatic rings. The van der Waals surface area contributed by atoms with Crippen LogP contribution in [0.1, 0.15) is 57.1 Å². The molecule has 1 unspecified atom stereocenters. The average molecular weight is 491 g/mol. The molecule has 8 heteroatoms. The molecule has 0 N–H and O–H groups in total. The van der Waals surface area contributed by atoms with Gasteiger partial charge in [-0.05, 0) is 57.9 Å². The number of unbranched alkanes of at least 4 members (excludes halogenated alkanes) is 3. The van der Waals surface area contributed by atoms with Crippen molar-refractivity contribution in [1.82, 2.24) is 8.61 Å². The number of hydrogen-bond acceptors (Lipinski definition) is 4. The van der Waals surface area contributed by atoms with Crippen LogP contribution >= 0.6 is 0 Å². The first-order valence-corrected chi connectivity index (χ1v) is 14.4. The first-order valence-electron chi connectivity index (χ1n) is 11.5. The van der Waals surface area contributed by atoms with Crippen molar-refractivity contribution in [3.05, 3.63) is 71.6 Å². The summed E-state index contributed by atoms with van der Waals surface area (Å²) in [6.07, 6.45) is 5.89. The summed E-state index contributed by atoms with van der Waals surface area (Å²) < 4.78 is 56.6. The summed E-state index contributed by atoms with van der Waals surface area (Å²) in [4.78, 5) is 0.422. The predicted molar refractivity (Wildman–Crippen MR) is 132 cm³/mol. The van der Waals surface area contributed by atoms with E-state index in [1.165, 1.54) is 14.8 Å². The van der Waals surface area contributed by atoms with Crippen molar-refractivity contribution in [2.24, 2.45) is 0 Å². The van der Waals surface area contributed by atoms with Crippen molar-refractivity contribution in [3.8, 4) is 0 Å². The monoisotopic (exact) mass is 490 g/mol. The summed E-state index contributed by atoms with van der Waals surface area (Å²) in [5, 5.41) is 0. The number of aryl methyl sites for hydroxylation is 2. The lowest BCUT2D eigenvalue weighted by Gasteiger charge is -2.40. The van der Waals surface area contributed by atoms with Gasteiger partial charge >= 0.3 is 0 Å². The molecule has 0 bridgehead atoms. The van der Waals surface area contributed by atoms with Crippen LogP contribution in [0.2, 0.25) is 0 Å². The van der Waals surface area contributed by atoms with Crippen LogP contribution in [-0.4, -0.2) is 38.0 Å². The van der Waals surface area contributed by atoms with E-state index in [1.54, 1.807) is 55.5 Å². The normalized spacial score (nSPS) is 17.2. The molecule has 2 aromatic rings. The van der Waals surface area contributed by atoms with E-state index in [-0.39, 0.29) is 16.3 Å². The SMILES string of the molecule is CCCCCCC1=CN(S(=O)(=O)c2ccc(C)cc2)CC(C)N1S(=O)(=O)c1ccc(C)cc1. The van der Waals surface area contributed by atoms with Gasteiger partial charge in [-0.2, -0.15) is 0 Å². The molecule has 0 radical (unpaired) electrons. The van der Waals surface area contributed by atoms with Crippen LogP contribution in [0.3, 0.4) is 0 Å². The quantitative estimate of drug-likeness (QED) is 0.453. The Morgan fingerprint density at radius 2 is 1.30 bits per heavy atom. The van der Waals surface area contributed by atoms with Crippen LogP contribution in [0.4, 0.5) is 0 Å². The molecule has 0 saturated heterocycles. The van der Waals surface area contributed by atoms with Gasteiger partial charge in [0.25, 0.3) is 20.0 Å². The Labute approximate surface area is 199 Å². The lowest BCUT2D eigenvalue weighted by molar-refractivity contribution is 0.302. The molecule has 0 aromatic heterocycles. The Morgan fingerprint density at radius 1 is 0.788 bits per heavy atom. The minimum Gasteiger partial charge on any atom is -0.269 e. The van der Waals surface area contributed by atoms with Crippen LogP contribution in [-0.2, 0) is 20.0 Å². The second-order valence-corrected chi connectivity index (χ2v) is 12.5. The van der Waals surface area contributed by atoms with Crippen molar-refractivity contribution in [1.29, 1.82) is 0 Å². The average Bonchev–Trinajstić information content (AvgIpc) is 2.77. The molecule has 6 nitrogen and oxygen atoms in total. The highest BCUT2D eigenvalue weighted by Gasteiger charge is 2.38. The molecule has 0 saturated carbocycles. The molecule has 1 heterocycles. The molecule has 0 spiro atoms. The van der Waals surface area contributed by atoms with E-state index in [4.69, 9.17) is 0 Å². The third-order valence-corrected chi connectivity index (χ3v) is 9.63. The molecule has 1 atom stereocenters. The molecule has 0 aliphatic carbocycles. The Hall–Kier alpha value is -2.32. The number of rotatable bonds is 9. The zero-order valence-corrected chi connectivity index (χ0v) is 21.5. The fourth-order valence-electron chi connectivity index (χ4n) is 4.03. The summed E-state index contributed by atoms with van der Waals surface area (Å²) >= 11 is 0. The highest BCUT2D eigenvalue weighted by molar-refractivity contribution is 7.89. The first kappa shape index (κ1) is 25.3. The third-order valence-electron chi connectivity index (χ3n) is 5.91. The fourth-order valence-corrected chi connectivity index (χ4v) is 7.15. The second-order valence-electron chi connectivity index (χ2n) is 8.78. The summed E-state index contributed by atoms with van der Waals surface area (Å²) in [6, 6.07) is 13.0. The van der Waals surface area contributed by atoms with Gasteiger partial charge in [-0.3, -0.25) is 8.61 Å². The van der Waals surface area contributed by atoms with Gasteiger partial charge in [-0.15, -0.1) is 0 Å². The minimum absolute atomic E-state index is 0.0553. The van der Waals surface area contributed by atoms with Crippen molar-refractivity contribution in [2.75, 3.05) is 6.54 Å². The van der Waals surface area contributed by atoms with Crippen LogP contribution in [0.25, 0.3) is 0 Å². The van der Waals surface area contributed by atoms with E-state index in [2.05, 4.69) is 6.92 Å². The van der Waals surface area contributed by atoms with Crippen molar-refractivity contribution < 1.29 is 16.8 Å². The minimum atomic E-state index is -3.82. The van der Waals surface area contributed by atoms with Crippen LogP contribution in [0.5, 0.6) is 0 Å². The van der Waals surface area contributed by atoms with Gasteiger partial charge in [0.05, 0.1) is 22.4 Å². The van der Waals surface area contributed by atoms with Crippen molar-refractivity contribution >= 4 is 20.0 Å². The van der Waals surface area contributed by atoms with E-state index < -0.39 is 26.1 Å². The van der Waals surface area contributed by atoms with E-state index in [0.717, 1.165) is 36.8 Å². The number of benzene rings is 2. The number of sulfonamides is 2. The summed E-state index contributed by atoms with van der Waals surface area (Å²) in [7, 11) is -7.60. The van der Waals surface area contributed by atoms with E-state index in [9.17, 15) is 16.8 Å². The Morgan fingerprint density at radius 3 is 1.82 bits per heavy atom.